The topological polar surface area (TPSA) is 30.5 Å². The van der Waals surface area contributed by atoms with E-state index in [0.29, 0.717) is 6.04 Å². The second kappa shape index (κ2) is 8.97. The van der Waals surface area contributed by atoms with Gasteiger partial charge in [0.25, 0.3) is 0 Å². The molecular formula is C13H29NO2. The van der Waals surface area contributed by atoms with Crippen LogP contribution in [-0.4, -0.2) is 38.5 Å². The van der Waals surface area contributed by atoms with Crippen molar-refractivity contribution < 1.29 is 9.47 Å². The lowest BCUT2D eigenvalue weighted by Gasteiger charge is -2.22. The van der Waals surface area contributed by atoms with Crippen molar-refractivity contribution in [2.24, 2.45) is 0 Å². The highest BCUT2D eigenvalue weighted by Crippen LogP contribution is 2.12. The largest absolute Gasteiger partial charge is 0.380 e. The zero-order chi connectivity index (χ0) is 12.4. The molecule has 0 heterocycles. The highest BCUT2D eigenvalue weighted by Gasteiger charge is 2.15. The molecule has 98 valence electrons. The highest BCUT2D eigenvalue weighted by molar-refractivity contribution is 4.66. The fourth-order valence-electron chi connectivity index (χ4n) is 1.43. The molecule has 0 saturated carbocycles. The quantitative estimate of drug-likeness (QED) is 0.586. The van der Waals surface area contributed by atoms with Crippen molar-refractivity contribution in [1.82, 2.24) is 5.32 Å². The molecule has 1 unspecified atom stereocenters. The van der Waals surface area contributed by atoms with Crippen LogP contribution < -0.4 is 5.32 Å². The summed E-state index contributed by atoms with van der Waals surface area (Å²) >= 11 is 0. The monoisotopic (exact) mass is 231 g/mol. The normalized spacial score (nSPS) is 14.1. The Morgan fingerprint density at radius 2 is 1.94 bits per heavy atom. The Balaban J connectivity index is 3.28. The van der Waals surface area contributed by atoms with Gasteiger partial charge in [0.2, 0.25) is 0 Å². The molecule has 0 aromatic heterocycles. The van der Waals surface area contributed by atoms with E-state index in [1.165, 1.54) is 12.8 Å². The van der Waals surface area contributed by atoms with Gasteiger partial charge < -0.3 is 14.8 Å². The van der Waals surface area contributed by atoms with E-state index in [9.17, 15) is 0 Å². The van der Waals surface area contributed by atoms with Crippen LogP contribution >= 0.6 is 0 Å². The van der Waals surface area contributed by atoms with Crippen LogP contribution in [0, 0.1) is 0 Å². The second-order valence-electron chi connectivity index (χ2n) is 4.97. The molecule has 3 heteroatoms. The molecule has 1 atom stereocenters. The molecule has 0 aromatic rings. The predicted molar refractivity (Wildman–Crippen MR) is 68.9 cm³/mol. The lowest BCUT2D eigenvalue weighted by Crippen LogP contribution is -2.30. The number of nitrogens with one attached hydrogen (secondary N) is 1. The summed E-state index contributed by atoms with van der Waals surface area (Å²) in [6.45, 7) is 11.1. The zero-order valence-electron chi connectivity index (χ0n) is 11.6. The molecule has 0 saturated heterocycles. The molecule has 3 nitrogen and oxygen atoms in total. The van der Waals surface area contributed by atoms with Gasteiger partial charge in [0, 0.05) is 26.3 Å². The van der Waals surface area contributed by atoms with Gasteiger partial charge in [-0.1, -0.05) is 13.3 Å². The van der Waals surface area contributed by atoms with E-state index in [2.05, 4.69) is 33.0 Å². The van der Waals surface area contributed by atoms with E-state index in [1.54, 1.807) is 7.11 Å². The summed E-state index contributed by atoms with van der Waals surface area (Å²) in [5, 5.41) is 3.44. The summed E-state index contributed by atoms with van der Waals surface area (Å²) in [5.74, 6) is 0. The third kappa shape index (κ3) is 9.13. The van der Waals surface area contributed by atoms with E-state index >= 15 is 0 Å². The van der Waals surface area contributed by atoms with Crippen LogP contribution in [0.2, 0.25) is 0 Å². The number of rotatable bonds is 10. The number of hydrogen-bond donors (Lipinski definition) is 1. The van der Waals surface area contributed by atoms with Crippen LogP contribution in [0.25, 0.3) is 0 Å². The third-order valence-electron chi connectivity index (χ3n) is 2.86. The van der Waals surface area contributed by atoms with Crippen molar-refractivity contribution in [3.63, 3.8) is 0 Å². The van der Waals surface area contributed by atoms with Gasteiger partial charge >= 0.3 is 0 Å². The minimum Gasteiger partial charge on any atom is -0.380 e. The maximum atomic E-state index is 5.56. The maximum Gasteiger partial charge on any atom is 0.0644 e. The summed E-state index contributed by atoms with van der Waals surface area (Å²) in [5.41, 5.74) is -0.0665. The highest BCUT2D eigenvalue weighted by atomic mass is 16.5. The van der Waals surface area contributed by atoms with E-state index < -0.39 is 0 Å². The van der Waals surface area contributed by atoms with Gasteiger partial charge in [-0.15, -0.1) is 0 Å². The lowest BCUT2D eigenvalue weighted by molar-refractivity contribution is -0.00949. The molecule has 0 aromatic carbocycles. The molecule has 16 heavy (non-hydrogen) atoms. The molecule has 1 N–H and O–H groups in total. The lowest BCUT2D eigenvalue weighted by atomic mass is 10.1. The molecule has 0 bridgehead atoms. The predicted octanol–water partition coefficient (Wildman–Crippen LogP) is 2.60. The minimum absolute atomic E-state index is 0.0665. The zero-order valence-corrected chi connectivity index (χ0v) is 11.6. The fourth-order valence-corrected chi connectivity index (χ4v) is 1.43. The van der Waals surface area contributed by atoms with Gasteiger partial charge in [-0.3, -0.25) is 0 Å². The first kappa shape index (κ1) is 15.9. The van der Waals surface area contributed by atoms with Crippen LogP contribution in [0.5, 0.6) is 0 Å². The van der Waals surface area contributed by atoms with Gasteiger partial charge in [0.05, 0.1) is 12.2 Å². The Hall–Kier alpha value is -0.120. The van der Waals surface area contributed by atoms with Crippen molar-refractivity contribution in [1.29, 1.82) is 0 Å². The molecule has 0 aliphatic heterocycles. The summed E-state index contributed by atoms with van der Waals surface area (Å²) < 4.78 is 10.9. The van der Waals surface area contributed by atoms with Crippen LogP contribution in [0.15, 0.2) is 0 Å². The molecule has 0 rings (SSSR count). The number of hydrogen-bond acceptors (Lipinski definition) is 3. The summed E-state index contributed by atoms with van der Waals surface area (Å²) in [6.07, 6.45) is 3.40. The van der Waals surface area contributed by atoms with Crippen LogP contribution in [0.4, 0.5) is 0 Å². The Kier molecular flexibility index (Phi) is 8.90. The molecule has 0 spiro atoms. The number of ether oxygens (including phenoxy) is 2. The van der Waals surface area contributed by atoms with E-state index in [-0.39, 0.29) is 5.60 Å². The SMILES string of the molecule is CCCC(C)NCCOCCC(C)(C)OC. The first-order valence-electron chi connectivity index (χ1n) is 6.38. The summed E-state index contributed by atoms with van der Waals surface area (Å²) in [4.78, 5) is 0. The smallest absolute Gasteiger partial charge is 0.0644 e. The van der Waals surface area contributed by atoms with Crippen LogP contribution in [-0.2, 0) is 9.47 Å². The fraction of sp³-hybridized carbons (Fsp3) is 1.00. The first-order chi connectivity index (χ1) is 7.52. The Morgan fingerprint density at radius 1 is 1.25 bits per heavy atom. The van der Waals surface area contributed by atoms with Gasteiger partial charge in [0.1, 0.15) is 0 Å². The molecule has 0 aliphatic carbocycles. The van der Waals surface area contributed by atoms with E-state index in [0.717, 1.165) is 26.2 Å². The van der Waals surface area contributed by atoms with Gasteiger partial charge in [-0.25, -0.2) is 0 Å². The summed E-state index contributed by atoms with van der Waals surface area (Å²) in [6, 6.07) is 0.601. The molecule has 0 amide bonds. The number of methoxy groups -OCH3 is 1. The Bertz CT molecular complexity index is 160. The summed E-state index contributed by atoms with van der Waals surface area (Å²) in [7, 11) is 1.74. The Morgan fingerprint density at radius 3 is 2.50 bits per heavy atom. The van der Waals surface area contributed by atoms with E-state index in [1.807, 2.05) is 0 Å². The third-order valence-corrected chi connectivity index (χ3v) is 2.86. The second-order valence-corrected chi connectivity index (χ2v) is 4.97. The average Bonchev–Trinajstić information content (AvgIpc) is 2.23. The van der Waals surface area contributed by atoms with Crippen LogP contribution in [0.1, 0.15) is 47.0 Å². The van der Waals surface area contributed by atoms with Crippen molar-refractivity contribution in [2.45, 2.75) is 58.6 Å². The first-order valence-corrected chi connectivity index (χ1v) is 6.38. The standard InChI is InChI=1S/C13H29NO2/c1-6-7-12(2)14-9-11-16-10-8-13(3,4)15-5/h12,14H,6-11H2,1-5H3. The van der Waals surface area contributed by atoms with Crippen molar-refractivity contribution in [3.05, 3.63) is 0 Å². The minimum atomic E-state index is -0.0665. The molecule has 0 radical (unpaired) electrons. The Labute approximate surface area is 101 Å². The van der Waals surface area contributed by atoms with Crippen molar-refractivity contribution in [2.75, 3.05) is 26.9 Å². The van der Waals surface area contributed by atoms with Crippen molar-refractivity contribution in [3.8, 4) is 0 Å². The van der Waals surface area contributed by atoms with Crippen molar-refractivity contribution >= 4 is 0 Å². The van der Waals surface area contributed by atoms with Gasteiger partial charge in [0.15, 0.2) is 0 Å². The molecule has 0 fully saturated rings. The maximum absolute atomic E-state index is 5.56. The average molecular weight is 231 g/mol. The molecule has 0 aliphatic rings. The van der Waals surface area contributed by atoms with E-state index in [4.69, 9.17) is 9.47 Å². The van der Waals surface area contributed by atoms with Gasteiger partial charge in [-0.05, 0) is 33.6 Å². The van der Waals surface area contributed by atoms with Gasteiger partial charge in [-0.2, -0.15) is 0 Å². The van der Waals surface area contributed by atoms with Crippen LogP contribution in [0.3, 0.4) is 0 Å². The molecular weight excluding hydrogens is 202 g/mol.